The fourth-order valence-electron chi connectivity index (χ4n) is 1.93. The van der Waals surface area contributed by atoms with Crippen molar-refractivity contribution in [1.82, 2.24) is 9.07 Å². The van der Waals surface area contributed by atoms with Crippen LogP contribution in [0.3, 0.4) is 0 Å². The van der Waals surface area contributed by atoms with Crippen LogP contribution in [0.1, 0.15) is 11.4 Å². The Hall–Kier alpha value is -1.80. The molecule has 1 aromatic heterocycles. The summed E-state index contributed by atoms with van der Waals surface area (Å²) in [7, 11) is 0. The fourth-order valence-corrected chi connectivity index (χ4v) is 2.17. The Morgan fingerprint density at radius 2 is 1.65 bits per heavy atom. The van der Waals surface area contributed by atoms with Gasteiger partial charge in [-0.3, -0.25) is 0 Å². The molecule has 0 bridgehead atoms. The third-order valence-corrected chi connectivity index (χ3v) is 3.15. The Balaban J connectivity index is 2.04. The van der Waals surface area contributed by atoms with Gasteiger partial charge < -0.3 is 0 Å². The summed E-state index contributed by atoms with van der Waals surface area (Å²) in [5.74, 6) is 0.874. The minimum atomic E-state index is 0.749. The predicted octanol–water partition coefficient (Wildman–Crippen LogP) is 3.63. The van der Waals surface area contributed by atoms with Crippen LogP contribution in [0.5, 0.6) is 0 Å². The van der Waals surface area contributed by atoms with Gasteiger partial charge in [-0.05, 0) is 17.7 Å². The summed E-state index contributed by atoms with van der Waals surface area (Å²) in [4.78, 5) is 4.54. The standard InChI is InChI=1S/C14H11ClN2/c15-17-13-9-5-4-8-12(13)16-14(17)10-11-6-2-1-3-7-11/h1-9H,10H2. The fraction of sp³-hybridized carbons (Fsp3) is 0.0714. The second-order valence-electron chi connectivity index (χ2n) is 3.96. The van der Waals surface area contributed by atoms with Crippen molar-refractivity contribution < 1.29 is 0 Å². The Morgan fingerprint density at radius 3 is 2.41 bits per heavy atom. The minimum Gasteiger partial charge on any atom is -0.238 e. The Kier molecular flexibility index (Phi) is 2.57. The Bertz CT molecular complexity index is 644. The first-order valence-electron chi connectivity index (χ1n) is 5.51. The first kappa shape index (κ1) is 10.4. The quantitative estimate of drug-likeness (QED) is 0.671. The lowest BCUT2D eigenvalue weighted by molar-refractivity contribution is 0.998. The molecule has 84 valence electrons. The van der Waals surface area contributed by atoms with Crippen molar-refractivity contribution in [2.24, 2.45) is 0 Å². The minimum absolute atomic E-state index is 0.749. The lowest BCUT2D eigenvalue weighted by Crippen LogP contribution is -1.94. The number of aromatic nitrogens is 2. The van der Waals surface area contributed by atoms with Crippen LogP contribution in [0, 0.1) is 0 Å². The zero-order valence-electron chi connectivity index (χ0n) is 9.18. The third-order valence-electron chi connectivity index (χ3n) is 2.77. The molecule has 2 aromatic carbocycles. The third kappa shape index (κ3) is 1.92. The number of rotatable bonds is 2. The SMILES string of the molecule is Cln1c(Cc2ccccc2)nc2ccccc21. The van der Waals surface area contributed by atoms with Gasteiger partial charge in [-0.1, -0.05) is 42.5 Å². The second-order valence-corrected chi connectivity index (χ2v) is 4.30. The monoisotopic (exact) mass is 242 g/mol. The highest BCUT2D eigenvalue weighted by Crippen LogP contribution is 2.19. The molecule has 0 aliphatic heterocycles. The van der Waals surface area contributed by atoms with E-state index < -0.39 is 0 Å². The molecule has 0 saturated heterocycles. The van der Waals surface area contributed by atoms with Gasteiger partial charge >= 0.3 is 0 Å². The molecule has 3 aromatic rings. The van der Waals surface area contributed by atoms with Gasteiger partial charge in [-0.2, -0.15) is 0 Å². The Morgan fingerprint density at radius 1 is 0.941 bits per heavy atom. The summed E-state index contributed by atoms with van der Waals surface area (Å²) < 4.78 is 1.64. The molecule has 1 heterocycles. The summed E-state index contributed by atoms with van der Waals surface area (Å²) >= 11 is 6.26. The number of fused-ring (bicyclic) bond motifs is 1. The second kappa shape index (κ2) is 4.22. The molecule has 0 amide bonds. The highest BCUT2D eigenvalue weighted by Gasteiger charge is 2.08. The molecule has 0 radical (unpaired) electrons. The summed E-state index contributed by atoms with van der Waals surface area (Å²) in [6.07, 6.45) is 0.749. The maximum Gasteiger partial charge on any atom is 0.129 e. The van der Waals surface area contributed by atoms with E-state index in [0.717, 1.165) is 23.3 Å². The molecule has 0 saturated carbocycles. The van der Waals surface area contributed by atoms with Crippen LogP contribution in [0.4, 0.5) is 0 Å². The largest absolute Gasteiger partial charge is 0.238 e. The van der Waals surface area contributed by atoms with Crippen molar-refractivity contribution in [2.45, 2.75) is 6.42 Å². The van der Waals surface area contributed by atoms with Gasteiger partial charge in [0.1, 0.15) is 5.82 Å². The van der Waals surface area contributed by atoms with Crippen molar-refractivity contribution in [3.8, 4) is 0 Å². The van der Waals surface area contributed by atoms with Gasteiger partial charge in [-0.25, -0.2) is 9.07 Å². The molecule has 0 aliphatic carbocycles. The zero-order valence-corrected chi connectivity index (χ0v) is 9.93. The lowest BCUT2D eigenvalue weighted by Gasteiger charge is -2.00. The summed E-state index contributed by atoms with van der Waals surface area (Å²) in [5, 5.41) is 0. The van der Waals surface area contributed by atoms with E-state index in [1.54, 1.807) is 4.09 Å². The van der Waals surface area contributed by atoms with Gasteiger partial charge in [-0.15, -0.1) is 0 Å². The maximum atomic E-state index is 6.26. The molecule has 3 heteroatoms. The number of para-hydroxylation sites is 2. The van der Waals surface area contributed by atoms with Crippen LogP contribution < -0.4 is 0 Å². The van der Waals surface area contributed by atoms with Gasteiger partial charge in [0.2, 0.25) is 0 Å². The van der Waals surface area contributed by atoms with Crippen LogP contribution in [0.2, 0.25) is 0 Å². The molecule has 17 heavy (non-hydrogen) atoms. The Labute approximate surface area is 105 Å². The molecule has 0 atom stereocenters. The van der Waals surface area contributed by atoms with E-state index in [-0.39, 0.29) is 0 Å². The van der Waals surface area contributed by atoms with Gasteiger partial charge in [0.05, 0.1) is 11.0 Å². The molecule has 0 spiro atoms. The molecule has 0 aliphatic rings. The van der Waals surface area contributed by atoms with E-state index in [1.165, 1.54) is 5.56 Å². The van der Waals surface area contributed by atoms with E-state index in [1.807, 2.05) is 42.5 Å². The van der Waals surface area contributed by atoms with Crippen molar-refractivity contribution in [3.63, 3.8) is 0 Å². The molecular weight excluding hydrogens is 232 g/mol. The van der Waals surface area contributed by atoms with Crippen molar-refractivity contribution in [3.05, 3.63) is 66.0 Å². The smallest absolute Gasteiger partial charge is 0.129 e. The molecule has 3 rings (SSSR count). The van der Waals surface area contributed by atoms with Crippen LogP contribution in [0.25, 0.3) is 11.0 Å². The highest BCUT2D eigenvalue weighted by molar-refractivity contribution is 6.19. The molecule has 0 unspecified atom stereocenters. The van der Waals surface area contributed by atoms with E-state index in [2.05, 4.69) is 17.1 Å². The number of benzene rings is 2. The van der Waals surface area contributed by atoms with Crippen LogP contribution in [0.15, 0.2) is 54.6 Å². The number of imidazole rings is 1. The molecular formula is C14H11ClN2. The molecule has 0 fully saturated rings. The lowest BCUT2D eigenvalue weighted by atomic mass is 10.1. The highest BCUT2D eigenvalue weighted by atomic mass is 35.5. The number of halogens is 1. The number of hydrogen-bond donors (Lipinski definition) is 0. The molecule has 0 N–H and O–H groups in total. The first-order valence-corrected chi connectivity index (χ1v) is 5.85. The van der Waals surface area contributed by atoms with Crippen molar-refractivity contribution in [2.75, 3.05) is 0 Å². The van der Waals surface area contributed by atoms with Gasteiger partial charge in [0.25, 0.3) is 0 Å². The van der Waals surface area contributed by atoms with Gasteiger partial charge in [0, 0.05) is 18.2 Å². The van der Waals surface area contributed by atoms with Gasteiger partial charge in [0.15, 0.2) is 0 Å². The number of hydrogen-bond acceptors (Lipinski definition) is 1. The summed E-state index contributed by atoms with van der Waals surface area (Å²) in [6, 6.07) is 18.1. The van der Waals surface area contributed by atoms with Crippen LogP contribution >= 0.6 is 11.8 Å². The van der Waals surface area contributed by atoms with Crippen molar-refractivity contribution in [1.29, 1.82) is 0 Å². The normalized spacial score (nSPS) is 10.9. The average Bonchev–Trinajstić information content (AvgIpc) is 2.68. The predicted molar refractivity (Wildman–Crippen MR) is 70.2 cm³/mol. The molecule has 2 nitrogen and oxygen atoms in total. The van der Waals surface area contributed by atoms with E-state index in [9.17, 15) is 0 Å². The average molecular weight is 243 g/mol. The van der Waals surface area contributed by atoms with Crippen LogP contribution in [-0.2, 0) is 6.42 Å². The van der Waals surface area contributed by atoms with Crippen molar-refractivity contribution >= 4 is 22.8 Å². The van der Waals surface area contributed by atoms with E-state index in [0.29, 0.717) is 0 Å². The summed E-state index contributed by atoms with van der Waals surface area (Å²) in [5.41, 5.74) is 3.11. The van der Waals surface area contributed by atoms with E-state index in [4.69, 9.17) is 11.8 Å². The van der Waals surface area contributed by atoms with Crippen LogP contribution in [-0.4, -0.2) is 9.07 Å². The first-order chi connectivity index (χ1) is 8.34. The topological polar surface area (TPSA) is 17.8 Å². The maximum absolute atomic E-state index is 6.26. The zero-order chi connectivity index (χ0) is 11.7. The summed E-state index contributed by atoms with van der Waals surface area (Å²) in [6.45, 7) is 0. The number of nitrogens with zero attached hydrogens (tertiary/aromatic N) is 2. The van der Waals surface area contributed by atoms with E-state index >= 15 is 0 Å².